The van der Waals surface area contributed by atoms with Crippen LogP contribution < -0.4 is 5.32 Å². The van der Waals surface area contributed by atoms with Gasteiger partial charge >= 0.3 is 0 Å². The van der Waals surface area contributed by atoms with E-state index in [-0.39, 0.29) is 5.91 Å². The Kier molecular flexibility index (Phi) is 6.39. The predicted octanol–water partition coefficient (Wildman–Crippen LogP) is 4.29. The van der Waals surface area contributed by atoms with E-state index in [4.69, 9.17) is 4.74 Å². The van der Waals surface area contributed by atoms with Crippen molar-refractivity contribution < 1.29 is 9.53 Å². The topological polar surface area (TPSA) is 99.3 Å². The Bertz CT molecular complexity index is 1470. The number of hydrogen-bond donors (Lipinski definition) is 2. The zero-order valence-electron chi connectivity index (χ0n) is 21.2. The van der Waals surface area contributed by atoms with Crippen LogP contribution in [-0.4, -0.2) is 81.6 Å². The average Bonchev–Trinajstić information content (AvgIpc) is 3.56. The molecular weight excluding hydrogens is 486 g/mol. The number of fused-ring (bicyclic) bond motifs is 2. The molecule has 0 spiro atoms. The smallest absolute Gasteiger partial charge is 0.229 e. The number of thiazole rings is 1. The van der Waals surface area contributed by atoms with Gasteiger partial charge in [-0.15, -0.1) is 11.3 Å². The molecule has 4 aromatic rings. The zero-order valence-corrected chi connectivity index (χ0v) is 22.0. The molecule has 0 unspecified atom stereocenters. The van der Waals surface area contributed by atoms with E-state index in [1.54, 1.807) is 17.7 Å². The fraction of sp³-hybridized carbons (Fsp3) is 0.407. The highest BCUT2D eigenvalue weighted by molar-refractivity contribution is 7.16. The van der Waals surface area contributed by atoms with Crippen molar-refractivity contribution in [2.45, 2.75) is 20.3 Å². The molecule has 0 bridgehead atoms. The average molecular weight is 518 g/mol. The van der Waals surface area contributed by atoms with Crippen molar-refractivity contribution in [1.82, 2.24) is 29.7 Å². The maximum Gasteiger partial charge on any atom is 0.229 e. The van der Waals surface area contributed by atoms with Gasteiger partial charge in [-0.1, -0.05) is 6.08 Å². The van der Waals surface area contributed by atoms with Crippen LogP contribution in [0.5, 0.6) is 0 Å². The van der Waals surface area contributed by atoms with Gasteiger partial charge in [-0.2, -0.15) is 0 Å². The van der Waals surface area contributed by atoms with Crippen molar-refractivity contribution in [3.63, 3.8) is 0 Å². The first-order valence-corrected chi connectivity index (χ1v) is 13.6. The summed E-state index contributed by atoms with van der Waals surface area (Å²) < 4.78 is 6.58. The largest absolute Gasteiger partial charge is 0.379 e. The van der Waals surface area contributed by atoms with E-state index in [2.05, 4.69) is 62.2 Å². The second kappa shape index (κ2) is 9.85. The number of anilines is 2. The number of aromatic nitrogens is 4. The Morgan fingerprint density at radius 3 is 2.84 bits per heavy atom. The minimum absolute atomic E-state index is 0.209. The number of aromatic amines is 1. The normalized spacial score (nSPS) is 17.4. The first kappa shape index (κ1) is 24.0. The summed E-state index contributed by atoms with van der Waals surface area (Å²) in [5.74, 6) is 0.968. The van der Waals surface area contributed by atoms with Crippen LogP contribution in [-0.2, 0) is 9.53 Å². The van der Waals surface area contributed by atoms with Crippen LogP contribution in [0.3, 0.4) is 0 Å². The molecule has 1 saturated heterocycles. The second-order valence-corrected chi connectivity index (χ2v) is 11.2. The number of H-pyrrole nitrogens is 1. The Labute approximate surface area is 219 Å². The summed E-state index contributed by atoms with van der Waals surface area (Å²) in [4.78, 5) is 34.4. The molecule has 1 fully saturated rings. The van der Waals surface area contributed by atoms with Crippen molar-refractivity contribution >= 4 is 55.6 Å². The summed E-state index contributed by atoms with van der Waals surface area (Å²) in [5, 5.41) is 4.38. The van der Waals surface area contributed by atoms with E-state index in [0.717, 1.165) is 77.7 Å². The van der Waals surface area contributed by atoms with Crippen molar-refractivity contribution in [3.8, 4) is 0 Å². The minimum Gasteiger partial charge on any atom is -0.379 e. The number of morpholine rings is 1. The van der Waals surface area contributed by atoms with Crippen molar-refractivity contribution in [2.24, 2.45) is 5.41 Å². The first-order valence-electron chi connectivity index (χ1n) is 12.7. The molecule has 0 aliphatic carbocycles. The lowest BCUT2D eigenvalue weighted by Gasteiger charge is -2.38. The molecule has 0 radical (unpaired) electrons. The molecule has 1 amide bonds. The molecule has 3 aromatic heterocycles. The third-order valence-electron chi connectivity index (χ3n) is 7.16. The lowest BCUT2D eigenvalue weighted by atomic mass is 9.89. The summed E-state index contributed by atoms with van der Waals surface area (Å²) in [6.07, 6.45) is 4.53. The van der Waals surface area contributed by atoms with E-state index in [1.807, 2.05) is 22.5 Å². The summed E-state index contributed by atoms with van der Waals surface area (Å²) >= 11 is 1.62. The van der Waals surface area contributed by atoms with Crippen molar-refractivity contribution in [2.75, 3.05) is 51.3 Å². The van der Waals surface area contributed by atoms with E-state index < -0.39 is 5.41 Å². The zero-order chi connectivity index (χ0) is 25.4. The molecule has 0 saturated carbocycles. The number of nitrogens with zero attached hydrogens (tertiary/aromatic N) is 5. The van der Waals surface area contributed by atoms with Crippen LogP contribution in [0.2, 0.25) is 0 Å². The fourth-order valence-corrected chi connectivity index (χ4v) is 5.91. The Morgan fingerprint density at radius 2 is 2.03 bits per heavy atom. The number of nitrogens with one attached hydrogen (secondary N) is 2. The molecular formula is C27H31N7O2S. The maximum atomic E-state index is 13.4. The van der Waals surface area contributed by atoms with Gasteiger partial charge in [0, 0.05) is 44.1 Å². The van der Waals surface area contributed by atoms with Gasteiger partial charge in [-0.05, 0) is 50.1 Å². The molecule has 0 atom stereocenters. The number of carbonyl (C=O) groups excluding carboxylic acids is 1. The molecule has 10 heteroatoms. The van der Waals surface area contributed by atoms with E-state index in [1.165, 1.54) is 5.57 Å². The number of hydrogen-bond acceptors (Lipinski definition) is 8. The van der Waals surface area contributed by atoms with Gasteiger partial charge in [0.05, 0.1) is 39.7 Å². The Balaban J connectivity index is 1.16. The molecule has 1 aromatic carbocycles. The third kappa shape index (κ3) is 4.96. The molecule has 6 rings (SSSR count). The molecule has 2 N–H and O–H groups in total. The third-order valence-corrected chi connectivity index (χ3v) is 7.96. The van der Waals surface area contributed by atoms with Crippen LogP contribution in [0.1, 0.15) is 26.0 Å². The van der Waals surface area contributed by atoms with Crippen LogP contribution in [0.4, 0.5) is 11.5 Å². The van der Waals surface area contributed by atoms with Gasteiger partial charge in [-0.3, -0.25) is 9.69 Å². The molecule has 9 nitrogen and oxygen atoms in total. The van der Waals surface area contributed by atoms with Gasteiger partial charge in [-0.25, -0.2) is 15.0 Å². The van der Waals surface area contributed by atoms with Crippen LogP contribution >= 0.6 is 11.3 Å². The first-order chi connectivity index (χ1) is 18.0. The highest BCUT2D eigenvalue weighted by Crippen LogP contribution is 2.31. The van der Waals surface area contributed by atoms with Gasteiger partial charge in [0.15, 0.2) is 0 Å². The molecule has 37 heavy (non-hydrogen) atoms. The van der Waals surface area contributed by atoms with Gasteiger partial charge in [0.1, 0.15) is 17.8 Å². The lowest BCUT2D eigenvalue weighted by Crippen LogP contribution is -2.50. The van der Waals surface area contributed by atoms with Crippen LogP contribution in [0.25, 0.3) is 26.8 Å². The highest BCUT2D eigenvalue weighted by Gasteiger charge is 2.35. The second-order valence-electron chi connectivity index (χ2n) is 10.3. The molecule has 192 valence electrons. The van der Waals surface area contributed by atoms with E-state index in [0.29, 0.717) is 13.1 Å². The predicted molar refractivity (Wildman–Crippen MR) is 147 cm³/mol. The number of amides is 1. The van der Waals surface area contributed by atoms with Crippen LogP contribution in [0.15, 0.2) is 42.2 Å². The number of carbonyl (C=O) groups is 1. The molecule has 2 aliphatic heterocycles. The number of ether oxygens (including phenoxy) is 1. The SMILES string of the molecule is CC(C)(CN1CCOCC1)C(=O)N1CC=C(c2cc3c(Nc4ccc5ncsc5c4)ncnc3[nH]2)CC1. The fourth-order valence-electron chi connectivity index (χ4n) is 5.19. The quantitative estimate of drug-likeness (QED) is 0.394. The van der Waals surface area contributed by atoms with Crippen LogP contribution in [0, 0.1) is 5.41 Å². The summed E-state index contributed by atoms with van der Waals surface area (Å²) in [6.45, 7) is 9.46. The molecule has 5 heterocycles. The van der Waals surface area contributed by atoms with E-state index >= 15 is 0 Å². The summed E-state index contributed by atoms with van der Waals surface area (Å²) in [6, 6.07) is 8.22. The minimum atomic E-state index is -0.428. The number of rotatable bonds is 6. The van der Waals surface area contributed by atoms with Gasteiger partial charge in [0.25, 0.3) is 0 Å². The summed E-state index contributed by atoms with van der Waals surface area (Å²) in [7, 11) is 0. The number of benzene rings is 1. The van der Waals surface area contributed by atoms with Crippen molar-refractivity contribution in [3.05, 3.63) is 47.9 Å². The Morgan fingerprint density at radius 1 is 1.16 bits per heavy atom. The molecule has 2 aliphatic rings. The highest BCUT2D eigenvalue weighted by atomic mass is 32.1. The standard InChI is InChI=1S/C27H31N7O2S/c1-27(2,15-33-9-11-36-12-10-33)26(35)34-7-5-18(6-8-34)22-14-20-24(28-16-29-25(20)32-22)31-19-3-4-21-23(13-19)37-17-30-21/h3-5,13-14,16-17H,6-12,15H2,1-2H3,(H2,28,29,31,32). The summed E-state index contributed by atoms with van der Waals surface area (Å²) in [5.41, 5.74) is 6.40. The van der Waals surface area contributed by atoms with Gasteiger partial charge in [0.2, 0.25) is 5.91 Å². The van der Waals surface area contributed by atoms with Gasteiger partial charge < -0.3 is 19.9 Å². The maximum absolute atomic E-state index is 13.4. The van der Waals surface area contributed by atoms with Crippen molar-refractivity contribution in [1.29, 1.82) is 0 Å². The monoisotopic (exact) mass is 517 g/mol. The Hall–Kier alpha value is -3.34. The lowest BCUT2D eigenvalue weighted by molar-refractivity contribution is -0.141. The van der Waals surface area contributed by atoms with E-state index in [9.17, 15) is 4.79 Å².